The van der Waals surface area contributed by atoms with Crippen LogP contribution in [0.5, 0.6) is 0 Å². The van der Waals surface area contributed by atoms with Crippen LogP contribution in [0.2, 0.25) is 0 Å². The summed E-state index contributed by atoms with van der Waals surface area (Å²) in [6, 6.07) is 1.58. The number of hydrogen-bond donors (Lipinski definition) is 0. The molecule has 0 spiro atoms. The van der Waals surface area contributed by atoms with Gasteiger partial charge in [0.25, 0.3) is 0 Å². The Labute approximate surface area is 100 Å². The summed E-state index contributed by atoms with van der Waals surface area (Å²) >= 11 is 0. The van der Waals surface area contributed by atoms with E-state index in [4.69, 9.17) is 14.0 Å². The number of nitrogens with zero attached hydrogens (tertiary/aromatic N) is 1. The number of carbonyl (C=O) groups is 1. The van der Waals surface area contributed by atoms with Crippen molar-refractivity contribution in [2.24, 2.45) is 0 Å². The number of rotatable bonds is 5. The average Bonchev–Trinajstić information content (AvgIpc) is 2.98. The molecule has 1 aliphatic rings. The van der Waals surface area contributed by atoms with Gasteiger partial charge in [-0.25, -0.2) is 4.79 Å². The van der Waals surface area contributed by atoms with Gasteiger partial charge in [-0.3, -0.25) is 0 Å². The minimum absolute atomic E-state index is 0.205. The van der Waals surface area contributed by atoms with Crippen molar-refractivity contribution in [3.8, 4) is 0 Å². The maximum atomic E-state index is 11.3. The van der Waals surface area contributed by atoms with Crippen LogP contribution in [0.3, 0.4) is 0 Å². The highest BCUT2D eigenvalue weighted by Gasteiger charge is 2.18. The molecule has 2 rings (SSSR count). The van der Waals surface area contributed by atoms with E-state index in [0.29, 0.717) is 25.1 Å². The van der Waals surface area contributed by atoms with Gasteiger partial charge in [0.05, 0.1) is 12.7 Å². The lowest BCUT2D eigenvalue weighted by Gasteiger charge is -2.08. The molecular weight excluding hydrogens is 222 g/mol. The smallest absolute Gasteiger partial charge is 0.360 e. The number of esters is 1. The Kier molecular flexibility index (Phi) is 4.14. The fraction of sp³-hybridized carbons (Fsp3) is 0.667. The maximum Gasteiger partial charge on any atom is 0.360 e. The van der Waals surface area contributed by atoms with Gasteiger partial charge < -0.3 is 14.0 Å². The van der Waals surface area contributed by atoms with Crippen molar-refractivity contribution in [3.05, 3.63) is 17.5 Å². The highest BCUT2D eigenvalue weighted by molar-refractivity contribution is 5.87. The molecule has 0 atom stereocenters. The lowest BCUT2D eigenvalue weighted by atomic mass is 10.3. The van der Waals surface area contributed by atoms with Gasteiger partial charge in [0, 0.05) is 6.07 Å². The number of hydrogen-bond acceptors (Lipinski definition) is 5. The topological polar surface area (TPSA) is 61.6 Å². The van der Waals surface area contributed by atoms with Crippen LogP contribution in [0, 0.1) is 0 Å². The molecular formula is C12H17NO4. The largest absolute Gasteiger partial charge is 0.461 e. The number of ether oxygens (including phenoxy) is 2. The molecule has 1 fully saturated rings. The predicted molar refractivity (Wildman–Crippen MR) is 59.5 cm³/mol. The summed E-state index contributed by atoms with van der Waals surface area (Å²) in [7, 11) is 0. The molecule has 1 saturated carbocycles. The van der Waals surface area contributed by atoms with Crippen molar-refractivity contribution in [2.75, 3.05) is 6.61 Å². The first-order valence-corrected chi connectivity index (χ1v) is 6.04. The molecule has 0 unspecified atom stereocenters. The van der Waals surface area contributed by atoms with E-state index in [1.165, 1.54) is 12.8 Å². The second-order valence-corrected chi connectivity index (χ2v) is 4.12. The summed E-state index contributed by atoms with van der Waals surface area (Å²) in [5.41, 5.74) is 0.205. The van der Waals surface area contributed by atoms with Crippen LogP contribution in [0.4, 0.5) is 0 Å². The van der Waals surface area contributed by atoms with Gasteiger partial charge in [-0.15, -0.1) is 0 Å². The van der Waals surface area contributed by atoms with Crippen LogP contribution in [0.1, 0.15) is 48.9 Å². The second-order valence-electron chi connectivity index (χ2n) is 4.12. The van der Waals surface area contributed by atoms with Gasteiger partial charge in [-0.05, 0) is 19.8 Å². The fourth-order valence-electron chi connectivity index (χ4n) is 1.94. The van der Waals surface area contributed by atoms with Gasteiger partial charge in [0.1, 0.15) is 6.61 Å². The Morgan fingerprint density at radius 1 is 1.53 bits per heavy atom. The van der Waals surface area contributed by atoms with Crippen LogP contribution in [-0.2, 0) is 16.1 Å². The molecule has 0 radical (unpaired) electrons. The Bertz CT molecular complexity index is 368. The zero-order chi connectivity index (χ0) is 12.1. The summed E-state index contributed by atoms with van der Waals surface area (Å²) in [6.07, 6.45) is 5.01. The molecule has 0 bridgehead atoms. The molecule has 94 valence electrons. The van der Waals surface area contributed by atoms with E-state index in [1.807, 2.05) is 0 Å². The van der Waals surface area contributed by atoms with Gasteiger partial charge in [-0.2, -0.15) is 0 Å². The molecule has 0 amide bonds. The van der Waals surface area contributed by atoms with E-state index >= 15 is 0 Å². The third-order valence-corrected chi connectivity index (χ3v) is 2.81. The van der Waals surface area contributed by atoms with Crippen LogP contribution in [0.15, 0.2) is 10.6 Å². The zero-order valence-electron chi connectivity index (χ0n) is 9.98. The molecule has 0 aromatic carbocycles. The molecule has 17 heavy (non-hydrogen) atoms. The first-order valence-electron chi connectivity index (χ1n) is 6.04. The van der Waals surface area contributed by atoms with E-state index in [2.05, 4.69) is 5.16 Å². The summed E-state index contributed by atoms with van der Waals surface area (Å²) in [5, 5.41) is 3.65. The lowest BCUT2D eigenvalue weighted by Crippen LogP contribution is -2.06. The quantitative estimate of drug-likeness (QED) is 0.738. The molecule has 5 heteroatoms. The van der Waals surface area contributed by atoms with Gasteiger partial charge in [-0.1, -0.05) is 18.0 Å². The van der Waals surface area contributed by atoms with Crippen molar-refractivity contribution < 1.29 is 18.8 Å². The average molecular weight is 239 g/mol. The standard InChI is InChI=1S/C12H17NO4/c1-2-15-12(14)11-7-10(17-13-11)8-16-9-5-3-4-6-9/h7,9H,2-6,8H2,1H3. The van der Waals surface area contributed by atoms with Crippen LogP contribution < -0.4 is 0 Å². The van der Waals surface area contributed by atoms with E-state index in [-0.39, 0.29) is 5.69 Å². The summed E-state index contributed by atoms with van der Waals surface area (Å²) < 4.78 is 15.5. The van der Waals surface area contributed by atoms with Crippen LogP contribution in [-0.4, -0.2) is 23.8 Å². The first-order chi connectivity index (χ1) is 8.29. The molecule has 5 nitrogen and oxygen atoms in total. The van der Waals surface area contributed by atoms with Crippen molar-refractivity contribution in [1.82, 2.24) is 5.16 Å². The number of carbonyl (C=O) groups excluding carboxylic acids is 1. The SMILES string of the molecule is CCOC(=O)c1cc(COC2CCCC2)on1. The highest BCUT2D eigenvalue weighted by atomic mass is 16.5. The minimum atomic E-state index is -0.455. The molecule has 1 aliphatic carbocycles. The van der Waals surface area contributed by atoms with Crippen LogP contribution in [0.25, 0.3) is 0 Å². The molecule has 1 heterocycles. The molecule has 0 saturated heterocycles. The predicted octanol–water partition coefficient (Wildman–Crippen LogP) is 2.31. The normalized spacial score (nSPS) is 16.3. The van der Waals surface area contributed by atoms with Crippen molar-refractivity contribution in [1.29, 1.82) is 0 Å². The van der Waals surface area contributed by atoms with Crippen molar-refractivity contribution in [2.45, 2.75) is 45.3 Å². The lowest BCUT2D eigenvalue weighted by molar-refractivity contribution is 0.0328. The van der Waals surface area contributed by atoms with E-state index in [0.717, 1.165) is 12.8 Å². The Morgan fingerprint density at radius 2 is 2.29 bits per heavy atom. The fourth-order valence-corrected chi connectivity index (χ4v) is 1.94. The van der Waals surface area contributed by atoms with E-state index < -0.39 is 5.97 Å². The Morgan fingerprint density at radius 3 is 3.00 bits per heavy atom. The number of aromatic nitrogens is 1. The molecule has 0 aliphatic heterocycles. The minimum Gasteiger partial charge on any atom is -0.461 e. The summed E-state index contributed by atoms with van der Waals surface area (Å²) in [6.45, 7) is 2.46. The second kappa shape index (κ2) is 5.82. The summed E-state index contributed by atoms with van der Waals surface area (Å²) in [4.78, 5) is 11.3. The first kappa shape index (κ1) is 12.1. The van der Waals surface area contributed by atoms with Crippen LogP contribution >= 0.6 is 0 Å². The molecule has 0 N–H and O–H groups in total. The van der Waals surface area contributed by atoms with Gasteiger partial charge >= 0.3 is 5.97 Å². The highest BCUT2D eigenvalue weighted by Crippen LogP contribution is 2.22. The third-order valence-electron chi connectivity index (χ3n) is 2.81. The Hall–Kier alpha value is -1.36. The summed E-state index contributed by atoms with van der Waals surface area (Å²) in [5.74, 6) is 0.114. The maximum absolute atomic E-state index is 11.3. The van der Waals surface area contributed by atoms with Crippen molar-refractivity contribution in [3.63, 3.8) is 0 Å². The Balaban J connectivity index is 1.83. The zero-order valence-corrected chi connectivity index (χ0v) is 9.98. The molecule has 1 aromatic rings. The van der Waals surface area contributed by atoms with Gasteiger partial charge in [0.15, 0.2) is 11.5 Å². The van der Waals surface area contributed by atoms with Gasteiger partial charge in [0.2, 0.25) is 0 Å². The third kappa shape index (κ3) is 3.30. The molecule has 1 aromatic heterocycles. The monoisotopic (exact) mass is 239 g/mol. The van der Waals surface area contributed by atoms with E-state index in [9.17, 15) is 4.79 Å². The van der Waals surface area contributed by atoms with E-state index in [1.54, 1.807) is 13.0 Å². The van der Waals surface area contributed by atoms with Crippen molar-refractivity contribution >= 4 is 5.97 Å².